The van der Waals surface area contributed by atoms with E-state index in [1.807, 2.05) is 42.5 Å². The van der Waals surface area contributed by atoms with Gasteiger partial charge < -0.3 is 19.1 Å². The first-order valence-corrected chi connectivity index (χ1v) is 9.64. The highest BCUT2D eigenvalue weighted by Gasteiger charge is 2.18. The fourth-order valence-electron chi connectivity index (χ4n) is 3.43. The van der Waals surface area contributed by atoms with E-state index in [0.29, 0.717) is 22.9 Å². The quantitative estimate of drug-likeness (QED) is 0.497. The largest absolute Gasteiger partial charge is 0.463 e. The van der Waals surface area contributed by atoms with Gasteiger partial charge in [0.05, 0.1) is 23.6 Å². The first kappa shape index (κ1) is 16.9. The van der Waals surface area contributed by atoms with Crippen LogP contribution in [0.4, 0.5) is 5.69 Å². The second-order valence-electron chi connectivity index (χ2n) is 6.70. The molecule has 0 amide bonds. The van der Waals surface area contributed by atoms with E-state index in [1.165, 1.54) is 12.8 Å². The number of hydrogen-bond acceptors (Lipinski definition) is 5. The molecular formula is C21H18N4O2S. The third-order valence-electron chi connectivity index (χ3n) is 4.82. The zero-order chi connectivity index (χ0) is 18.9. The van der Waals surface area contributed by atoms with Gasteiger partial charge in [-0.25, -0.2) is 9.97 Å². The number of fused-ring (bicyclic) bond motifs is 1. The number of likely N-dealkylation sites (tertiary alicyclic amines) is 1. The summed E-state index contributed by atoms with van der Waals surface area (Å²) < 4.78 is 11.1. The minimum atomic E-state index is 0.645. The Kier molecular flexibility index (Phi) is 4.29. The van der Waals surface area contributed by atoms with Crippen molar-refractivity contribution in [2.45, 2.75) is 12.8 Å². The Morgan fingerprint density at radius 3 is 2.14 bits per heavy atom. The van der Waals surface area contributed by atoms with E-state index in [4.69, 9.17) is 31.0 Å². The van der Waals surface area contributed by atoms with Crippen molar-refractivity contribution in [3.63, 3.8) is 0 Å². The number of hydrogen-bond donors (Lipinski definition) is 1. The van der Waals surface area contributed by atoms with E-state index >= 15 is 0 Å². The SMILES string of the molecule is S=C(Nc1ccc2nc(-c3ccco3)c(-c3ccco3)nc2c1)N1CCCC1. The summed E-state index contributed by atoms with van der Waals surface area (Å²) in [6, 6.07) is 13.3. The molecule has 1 aliphatic rings. The Balaban J connectivity index is 1.56. The van der Waals surface area contributed by atoms with Crippen LogP contribution < -0.4 is 5.32 Å². The summed E-state index contributed by atoms with van der Waals surface area (Å²) >= 11 is 5.54. The number of nitrogens with one attached hydrogen (secondary N) is 1. The smallest absolute Gasteiger partial charge is 0.173 e. The van der Waals surface area contributed by atoms with Gasteiger partial charge in [-0.3, -0.25) is 0 Å². The Morgan fingerprint density at radius 2 is 1.54 bits per heavy atom. The van der Waals surface area contributed by atoms with Crippen LogP contribution in [0.1, 0.15) is 12.8 Å². The maximum Gasteiger partial charge on any atom is 0.173 e. The highest BCUT2D eigenvalue weighted by molar-refractivity contribution is 7.80. The summed E-state index contributed by atoms with van der Waals surface area (Å²) in [6.07, 6.45) is 5.62. The lowest BCUT2D eigenvalue weighted by Gasteiger charge is -2.19. The minimum absolute atomic E-state index is 0.645. The van der Waals surface area contributed by atoms with E-state index in [-0.39, 0.29) is 0 Å². The molecule has 7 heteroatoms. The van der Waals surface area contributed by atoms with Crippen molar-refractivity contribution >= 4 is 34.1 Å². The lowest BCUT2D eigenvalue weighted by Crippen LogP contribution is -2.31. The molecule has 6 nitrogen and oxygen atoms in total. The van der Waals surface area contributed by atoms with Crippen molar-refractivity contribution in [2.24, 2.45) is 0 Å². The topological polar surface area (TPSA) is 67.3 Å². The van der Waals surface area contributed by atoms with Gasteiger partial charge in [0.25, 0.3) is 0 Å². The van der Waals surface area contributed by atoms with E-state index < -0.39 is 0 Å². The first-order chi connectivity index (χ1) is 13.8. The normalized spacial score (nSPS) is 13.9. The first-order valence-electron chi connectivity index (χ1n) is 9.23. The summed E-state index contributed by atoms with van der Waals surface area (Å²) in [4.78, 5) is 11.8. The Hall–Kier alpha value is -3.19. The van der Waals surface area contributed by atoms with Crippen LogP contribution in [-0.4, -0.2) is 33.1 Å². The zero-order valence-electron chi connectivity index (χ0n) is 15.1. The number of furan rings is 2. The van der Waals surface area contributed by atoms with Crippen LogP contribution >= 0.6 is 12.2 Å². The molecule has 0 radical (unpaired) electrons. The maximum absolute atomic E-state index is 5.58. The van der Waals surface area contributed by atoms with E-state index in [9.17, 15) is 0 Å². The molecule has 4 heterocycles. The number of benzene rings is 1. The Morgan fingerprint density at radius 1 is 0.893 bits per heavy atom. The molecule has 1 N–H and O–H groups in total. The third-order valence-corrected chi connectivity index (χ3v) is 5.18. The van der Waals surface area contributed by atoms with Crippen LogP contribution in [0.25, 0.3) is 33.9 Å². The van der Waals surface area contributed by atoms with Gasteiger partial charge in [0.15, 0.2) is 16.6 Å². The third kappa shape index (κ3) is 3.14. The van der Waals surface area contributed by atoms with Crippen LogP contribution in [0, 0.1) is 0 Å². The summed E-state index contributed by atoms with van der Waals surface area (Å²) in [6.45, 7) is 2.02. The Labute approximate surface area is 167 Å². The molecule has 5 rings (SSSR count). The molecule has 0 atom stereocenters. The van der Waals surface area contributed by atoms with Crippen molar-refractivity contribution in [1.29, 1.82) is 0 Å². The molecule has 0 aliphatic carbocycles. The zero-order valence-corrected chi connectivity index (χ0v) is 15.9. The van der Waals surface area contributed by atoms with Gasteiger partial charge in [0.2, 0.25) is 0 Å². The minimum Gasteiger partial charge on any atom is -0.463 e. The molecule has 0 bridgehead atoms. The summed E-state index contributed by atoms with van der Waals surface area (Å²) in [5, 5.41) is 4.07. The summed E-state index contributed by atoms with van der Waals surface area (Å²) in [5.41, 5.74) is 3.73. The molecule has 3 aromatic heterocycles. The highest BCUT2D eigenvalue weighted by Crippen LogP contribution is 2.32. The molecule has 28 heavy (non-hydrogen) atoms. The monoisotopic (exact) mass is 390 g/mol. The molecule has 0 unspecified atom stereocenters. The summed E-state index contributed by atoms with van der Waals surface area (Å²) in [7, 11) is 0. The second-order valence-corrected chi connectivity index (χ2v) is 7.09. The molecule has 1 aromatic carbocycles. The number of nitrogens with zero attached hydrogens (tertiary/aromatic N) is 3. The number of aromatic nitrogens is 2. The van der Waals surface area contributed by atoms with Gasteiger partial charge in [-0.05, 0) is 67.5 Å². The van der Waals surface area contributed by atoms with Crippen molar-refractivity contribution in [1.82, 2.24) is 14.9 Å². The molecule has 1 saturated heterocycles. The fourth-order valence-corrected chi connectivity index (χ4v) is 3.73. The van der Waals surface area contributed by atoms with Crippen LogP contribution in [0.15, 0.2) is 63.8 Å². The molecule has 140 valence electrons. The molecule has 0 saturated carbocycles. The predicted octanol–water partition coefficient (Wildman–Crippen LogP) is 4.94. The summed E-state index contributed by atoms with van der Waals surface area (Å²) in [5.74, 6) is 1.30. The van der Waals surface area contributed by atoms with E-state index in [1.54, 1.807) is 12.5 Å². The molecule has 1 aliphatic heterocycles. The van der Waals surface area contributed by atoms with Crippen molar-refractivity contribution in [2.75, 3.05) is 18.4 Å². The van der Waals surface area contributed by atoms with Crippen molar-refractivity contribution < 1.29 is 8.83 Å². The van der Waals surface area contributed by atoms with Crippen LogP contribution in [-0.2, 0) is 0 Å². The van der Waals surface area contributed by atoms with Crippen LogP contribution in [0.5, 0.6) is 0 Å². The number of anilines is 1. The standard InChI is InChI=1S/C21H18N4O2S/c28-21(25-9-1-2-10-25)22-14-7-8-15-16(13-14)24-20(18-6-4-12-27-18)19(23-15)17-5-3-11-26-17/h3-8,11-13H,1-2,9-10H2,(H,22,28). The number of rotatable bonds is 3. The number of thiocarbonyl (C=S) groups is 1. The lowest BCUT2D eigenvalue weighted by molar-refractivity contribution is 0.528. The van der Waals surface area contributed by atoms with Gasteiger partial charge >= 0.3 is 0 Å². The van der Waals surface area contributed by atoms with Crippen LogP contribution in [0.2, 0.25) is 0 Å². The van der Waals surface area contributed by atoms with Gasteiger partial charge in [-0.1, -0.05) is 0 Å². The second kappa shape index (κ2) is 7.09. The fraction of sp³-hybridized carbons (Fsp3) is 0.190. The highest BCUT2D eigenvalue weighted by atomic mass is 32.1. The van der Waals surface area contributed by atoms with Gasteiger partial charge in [-0.15, -0.1) is 0 Å². The molecule has 0 spiro atoms. The Bertz CT molecular complexity index is 1120. The van der Waals surface area contributed by atoms with Crippen molar-refractivity contribution in [3.8, 4) is 22.9 Å². The van der Waals surface area contributed by atoms with Gasteiger partial charge in [0.1, 0.15) is 11.4 Å². The average Bonchev–Trinajstić information content (AvgIpc) is 3.50. The average molecular weight is 390 g/mol. The van der Waals surface area contributed by atoms with Gasteiger partial charge in [0, 0.05) is 18.8 Å². The molecule has 1 fully saturated rings. The van der Waals surface area contributed by atoms with Crippen LogP contribution in [0.3, 0.4) is 0 Å². The predicted molar refractivity (Wildman–Crippen MR) is 112 cm³/mol. The molecule has 4 aromatic rings. The maximum atomic E-state index is 5.58. The molecular weight excluding hydrogens is 372 g/mol. The van der Waals surface area contributed by atoms with Crippen molar-refractivity contribution in [3.05, 3.63) is 55.0 Å². The van der Waals surface area contributed by atoms with E-state index in [2.05, 4.69) is 10.2 Å². The lowest BCUT2D eigenvalue weighted by atomic mass is 10.1. The van der Waals surface area contributed by atoms with E-state index in [0.717, 1.165) is 34.9 Å². The van der Waals surface area contributed by atoms with Gasteiger partial charge in [-0.2, -0.15) is 0 Å².